The van der Waals surface area contributed by atoms with Crippen LogP contribution in [0.25, 0.3) is 10.9 Å². The van der Waals surface area contributed by atoms with Crippen LogP contribution in [0.5, 0.6) is 0 Å². The number of aryl methyl sites for hydroxylation is 3. The molecule has 0 radical (unpaired) electrons. The Balaban J connectivity index is 1.76. The number of esters is 1. The molecule has 4 aromatic rings. The predicted octanol–water partition coefficient (Wildman–Crippen LogP) is 6.93. The zero-order valence-corrected chi connectivity index (χ0v) is 23.1. The van der Waals surface area contributed by atoms with Crippen molar-refractivity contribution in [2.24, 2.45) is 5.92 Å². The van der Waals surface area contributed by atoms with E-state index in [4.69, 9.17) is 4.74 Å². The monoisotopic (exact) mass is 510 g/mol. The van der Waals surface area contributed by atoms with Gasteiger partial charge in [-0.25, -0.2) is 0 Å². The Kier molecular flexibility index (Phi) is 8.67. The molecule has 38 heavy (non-hydrogen) atoms. The van der Waals surface area contributed by atoms with Crippen LogP contribution in [0, 0.1) is 19.8 Å². The van der Waals surface area contributed by atoms with Crippen LogP contribution < -0.4 is 5.32 Å². The molecule has 1 N–H and O–H groups in total. The maximum absolute atomic E-state index is 14.0. The number of amides is 1. The van der Waals surface area contributed by atoms with E-state index in [0.717, 1.165) is 34.0 Å². The molecule has 1 unspecified atom stereocenters. The van der Waals surface area contributed by atoms with E-state index in [1.54, 1.807) is 0 Å². The van der Waals surface area contributed by atoms with Crippen molar-refractivity contribution >= 4 is 22.8 Å². The van der Waals surface area contributed by atoms with E-state index in [2.05, 4.69) is 67.9 Å². The van der Waals surface area contributed by atoms with E-state index in [0.29, 0.717) is 24.4 Å². The number of fused-ring (bicyclic) bond motifs is 1. The number of hydrogen-bond acceptors (Lipinski definition) is 3. The fourth-order valence-electron chi connectivity index (χ4n) is 5.25. The molecule has 0 fully saturated rings. The fraction of sp³-hybridized carbons (Fsp3) is 0.333. The summed E-state index contributed by atoms with van der Waals surface area (Å²) in [6.07, 6.45) is 3.57. The molecule has 1 heterocycles. The predicted molar refractivity (Wildman–Crippen MR) is 153 cm³/mol. The van der Waals surface area contributed by atoms with Gasteiger partial charge in [-0.05, 0) is 55.4 Å². The smallest absolute Gasteiger partial charge is 0.305 e. The summed E-state index contributed by atoms with van der Waals surface area (Å²) in [5.74, 6) is 0.0526. The third-order valence-corrected chi connectivity index (χ3v) is 6.92. The molecule has 0 saturated heterocycles. The van der Waals surface area contributed by atoms with Gasteiger partial charge >= 0.3 is 5.97 Å². The van der Waals surface area contributed by atoms with Gasteiger partial charge in [0.1, 0.15) is 0 Å². The summed E-state index contributed by atoms with van der Waals surface area (Å²) < 4.78 is 7.01. The highest BCUT2D eigenvalue weighted by atomic mass is 16.5. The number of benzene rings is 3. The third kappa shape index (κ3) is 6.52. The summed E-state index contributed by atoms with van der Waals surface area (Å²) in [6, 6.07) is 22.7. The van der Waals surface area contributed by atoms with E-state index in [1.807, 2.05) is 42.6 Å². The highest BCUT2D eigenvalue weighted by molar-refractivity contribution is 6.08. The summed E-state index contributed by atoms with van der Waals surface area (Å²) in [5.41, 5.74) is 7.24. The van der Waals surface area contributed by atoms with Crippen molar-refractivity contribution in [2.45, 2.75) is 59.5 Å². The Morgan fingerprint density at radius 2 is 1.66 bits per heavy atom. The number of carbonyl (C=O) groups is 2. The van der Waals surface area contributed by atoms with Gasteiger partial charge in [-0.3, -0.25) is 9.59 Å². The minimum atomic E-state index is -0.261. The summed E-state index contributed by atoms with van der Waals surface area (Å²) in [5, 5.41) is 4.26. The average molecular weight is 511 g/mol. The Morgan fingerprint density at radius 1 is 0.947 bits per heavy atom. The number of ether oxygens (including phenoxy) is 1. The Bertz CT molecular complexity index is 1400. The van der Waals surface area contributed by atoms with E-state index in [-0.39, 0.29) is 24.3 Å². The molecule has 0 aliphatic heterocycles. The van der Waals surface area contributed by atoms with Crippen molar-refractivity contribution in [3.8, 4) is 0 Å². The number of hydrogen-bond donors (Lipinski definition) is 1. The molecule has 5 heteroatoms. The molecule has 0 aliphatic rings. The van der Waals surface area contributed by atoms with Gasteiger partial charge in [-0.1, -0.05) is 85.6 Å². The number of rotatable bonds is 10. The number of nitrogens with zero attached hydrogens (tertiary/aromatic N) is 1. The first-order valence-corrected chi connectivity index (χ1v) is 13.4. The van der Waals surface area contributed by atoms with Crippen LogP contribution in [-0.4, -0.2) is 23.6 Å². The molecule has 1 aromatic heterocycles. The SMILES string of the molecule is COC(=O)CCc1cccc2c1c(C(=O)NC(CC(C)C)c1cc(C)cc(C)c1)cn2Cc1ccccc1. The molecular formula is C33H38N2O3. The lowest BCUT2D eigenvalue weighted by molar-refractivity contribution is -0.140. The van der Waals surface area contributed by atoms with Crippen molar-refractivity contribution < 1.29 is 14.3 Å². The second-order valence-corrected chi connectivity index (χ2v) is 10.6. The third-order valence-electron chi connectivity index (χ3n) is 6.92. The molecule has 0 spiro atoms. The van der Waals surface area contributed by atoms with Crippen molar-refractivity contribution in [1.82, 2.24) is 9.88 Å². The molecule has 198 valence electrons. The van der Waals surface area contributed by atoms with Crippen LogP contribution in [0.4, 0.5) is 0 Å². The Labute approximate surface area is 225 Å². The van der Waals surface area contributed by atoms with Crippen molar-refractivity contribution in [2.75, 3.05) is 7.11 Å². The summed E-state index contributed by atoms with van der Waals surface area (Å²) in [4.78, 5) is 25.9. The van der Waals surface area contributed by atoms with Crippen LogP contribution >= 0.6 is 0 Å². The van der Waals surface area contributed by atoms with Crippen molar-refractivity contribution in [3.05, 3.63) is 106 Å². The zero-order valence-electron chi connectivity index (χ0n) is 23.1. The number of nitrogens with one attached hydrogen (secondary N) is 1. The topological polar surface area (TPSA) is 60.3 Å². The molecule has 0 saturated carbocycles. The fourth-order valence-corrected chi connectivity index (χ4v) is 5.25. The maximum Gasteiger partial charge on any atom is 0.305 e. The highest BCUT2D eigenvalue weighted by Crippen LogP contribution is 2.30. The molecule has 4 rings (SSSR count). The van der Waals surface area contributed by atoms with Gasteiger partial charge in [-0.15, -0.1) is 0 Å². The molecule has 1 atom stereocenters. The molecule has 1 amide bonds. The Morgan fingerprint density at radius 3 is 2.32 bits per heavy atom. The van der Waals surface area contributed by atoms with Crippen LogP contribution in [0.15, 0.2) is 72.9 Å². The van der Waals surface area contributed by atoms with Crippen LogP contribution in [0.2, 0.25) is 0 Å². The first-order chi connectivity index (χ1) is 18.2. The van der Waals surface area contributed by atoms with E-state index >= 15 is 0 Å². The van der Waals surface area contributed by atoms with Crippen LogP contribution in [0.1, 0.15) is 70.9 Å². The van der Waals surface area contributed by atoms with Crippen LogP contribution in [-0.2, 0) is 22.5 Å². The van der Waals surface area contributed by atoms with Gasteiger partial charge < -0.3 is 14.6 Å². The van der Waals surface area contributed by atoms with Gasteiger partial charge in [0, 0.05) is 30.1 Å². The highest BCUT2D eigenvalue weighted by Gasteiger charge is 2.23. The molecule has 0 bridgehead atoms. The van der Waals surface area contributed by atoms with E-state index in [9.17, 15) is 9.59 Å². The van der Waals surface area contributed by atoms with Gasteiger partial charge in [0.25, 0.3) is 5.91 Å². The second kappa shape index (κ2) is 12.1. The standard InChI is InChI=1S/C33H38N2O3/c1-22(2)16-29(27-18-23(3)17-24(4)19-27)34-33(37)28-21-35(20-25-10-7-6-8-11-25)30-13-9-12-26(32(28)30)14-15-31(36)38-5/h6-13,17-19,21-22,29H,14-16,20H2,1-5H3,(H,34,37). The largest absolute Gasteiger partial charge is 0.469 e. The molecule has 3 aromatic carbocycles. The molecule has 0 aliphatic carbocycles. The van der Waals surface area contributed by atoms with Crippen molar-refractivity contribution in [3.63, 3.8) is 0 Å². The Hall–Kier alpha value is -3.86. The first kappa shape index (κ1) is 27.2. The molecule has 5 nitrogen and oxygen atoms in total. The van der Waals surface area contributed by atoms with E-state index in [1.165, 1.54) is 18.2 Å². The number of aromatic nitrogens is 1. The maximum atomic E-state index is 14.0. The normalized spacial score (nSPS) is 12.1. The van der Waals surface area contributed by atoms with E-state index < -0.39 is 0 Å². The van der Waals surface area contributed by atoms with Crippen LogP contribution in [0.3, 0.4) is 0 Å². The lowest BCUT2D eigenvalue weighted by Crippen LogP contribution is -2.29. The first-order valence-electron chi connectivity index (χ1n) is 13.4. The minimum absolute atomic E-state index is 0.0999. The lowest BCUT2D eigenvalue weighted by atomic mass is 9.94. The summed E-state index contributed by atoms with van der Waals surface area (Å²) in [7, 11) is 1.40. The quantitative estimate of drug-likeness (QED) is 0.235. The minimum Gasteiger partial charge on any atom is -0.469 e. The van der Waals surface area contributed by atoms with Gasteiger partial charge in [0.15, 0.2) is 0 Å². The van der Waals surface area contributed by atoms with Gasteiger partial charge in [-0.2, -0.15) is 0 Å². The van der Waals surface area contributed by atoms with Gasteiger partial charge in [0.05, 0.1) is 18.7 Å². The molecular weight excluding hydrogens is 472 g/mol. The second-order valence-electron chi connectivity index (χ2n) is 10.6. The number of carbonyl (C=O) groups excluding carboxylic acids is 2. The average Bonchev–Trinajstić information content (AvgIpc) is 3.25. The summed E-state index contributed by atoms with van der Waals surface area (Å²) >= 11 is 0. The van der Waals surface area contributed by atoms with Gasteiger partial charge in [0.2, 0.25) is 0 Å². The van der Waals surface area contributed by atoms with Crippen molar-refractivity contribution in [1.29, 1.82) is 0 Å². The lowest BCUT2D eigenvalue weighted by Gasteiger charge is -2.22. The summed E-state index contributed by atoms with van der Waals surface area (Å²) in [6.45, 7) is 9.19. The number of methoxy groups -OCH3 is 1. The zero-order chi connectivity index (χ0) is 27.2.